The van der Waals surface area contributed by atoms with E-state index in [1.807, 2.05) is 0 Å². The number of ether oxygens (including phenoxy) is 1. The van der Waals surface area contributed by atoms with Gasteiger partial charge in [-0.25, -0.2) is 0 Å². The van der Waals surface area contributed by atoms with Crippen molar-refractivity contribution < 1.29 is 4.74 Å². The molecule has 0 amide bonds. The van der Waals surface area contributed by atoms with Gasteiger partial charge in [0, 0.05) is 5.56 Å². The number of hydrogen-bond donors (Lipinski definition) is 0. The monoisotopic (exact) mass is 250 g/mol. The van der Waals surface area contributed by atoms with E-state index in [-0.39, 0.29) is 5.38 Å². The zero-order valence-corrected chi connectivity index (χ0v) is 11.5. The number of benzene rings is 1. The molecule has 0 bridgehead atoms. The maximum absolute atomic E-state index is 6.22. The third kappa shape index (κ3) is 2.66. The second-order valence-corrected chi connectivity index (χ2v) is 5.32. The third-order valence-corrected chi connectivity index (χ3v) is 3.64. The van der Waals surface area contributed by atoms with Gasteiger partial charge in [-0.3, -0.25) is 0 Å². The number of allylic oxidation sites excluding steroid dienone is 2. The number of rotatable bonds is 2. The van der Waals surface area contributed by atoms with Gasteiger partial charge in [-0.1, -0.05) is 12.1 Å². The zero-order valence-electron chi connectivity index (χ0n) is 10.7. The SMILES string of the molecule is COc1cc(C)cc(C)c1C1=CC(Cl)CCC1. The van der Waals surface area contributed by atoms with E-state index in [1.54, 1.807) is 7.11 Å². The Hall–Kier alpha value is -0.950. The Bertz CT molecular complexity index is 448. The van der Waals surface area contributed by atoms with Crippen LogP contribution in [0.1, 0.15) is 36.0 Å². The van der Waals surface area contributed by atoms with E-state index in [4.69, 9.17) is 16.3 Å². The number of halogens is 1. The van der Waals surface area contributed by atoms with Crippen molar-refractivity contribution in [2.75, 3.05) is 7.11 Å². The summed E-state index contributed by atoms with van der Waals surface area (Å²) in [7, 11) is 1.74. The predicted molar refractivity (Wildman–Crippen MR) is 73.9 cm³/mol. The molecule has 0 N–H and O–H groups in total. The van der Waals surface area contributed by atoms with Gasteiger partial charge in [0.2, 0.25) is 0 Å². The summed E-state index contributed by atoms with van der Waals surface area (Å²) in [6.07, 6.45) is 5.53. The average molecular weight is 251 g/mol. The van der Waals surface area contributed by atoms with Gasteiger partial charge in [0.25, 0.3) is 0 Å². The lowest BCUT2D eigenvalue weighted by atomic mass is 9.89. The molecule has 1 unspecified atom stereocenters. The van der Waals surface area contributed by atoms with Crippen LogP contribution in [0.15, 0.2) is 18.2 Å². The molecule has 0 fully saturated rings. The fraction of sp³-hybridized carbons (Fsp3) is 0.467. The second kappa shape index (κ2) is 5.14. The molecule has 0 heterocycles. The van der Waals surface area contributed by atoms with Crippen LogP contribution in [-0.2, 0) is 0 Å². The fourth-order valence-electron chi connectivity index (χ4n) is 2.58. The highest BCUT2D eigenvalue weighted by atomic mass is 35.5. The first kappa shape index (κ1) is 12.5. The Morgan fingerprint density at radius 1 is 1.29 bits per heavy atom. The van der Waals surface area contributed by atoms with Gasteiger partial charge < -0.3 is 4.74 Å². The van der Waals surface area contributed by atoms with Gasteiger partial charge >= 0.3 is 0 Å². The van der Waals surface area contributed by atoms with Gasteiger partial charge in [0.05, 0.1) is 12.5 Å². The molecule has 2 heteroatoms. The first-order chi connectivity index (χ1) is 8.11. The zero-order chi connectivity index (χ0) is 12.4. The number of methoxy groups -OCH3 is 1. The van der Waals surface area contributed by atoms with E-state index in [1.165, 1.54) is 22.3 Å². The van der Waals surface area contributed by atoms with Crippen molar-refractivity contribution in [1.82, 2.24) is 0 Å². The van der Waals surface area contributed by atoms with Crippen LogP contribution in [-0.4, -0.2) is 12.5 Å². The van der Waals surface area contributed by atoms with Crippen LogP contribution >= 0.6 is 11.6 Å². The standard InChI is InChI=1S/C15H19ClO/c1-10-7-11(2)15(14(8-10)17-3)12-5-4-6-13(16)9-12/h7-9,13H,4-6H2,1-3H3. The van der Waals surface area contributed by atoms with Gasteiger partial charge in [-0.05, 0) is 55.9 Å². The summed E-state index contributed by atoms with van der Waals surface area (Å²) in [6.45, 7) is 4.24. The summed E-state index contributed by atoms with van der Waals surface area (Å²) < 4.78 is 5.51. The molecule has 0 saturated heterocycles. The van der Waals surface area contributed by atoms with Crippen molar-refractivity contribution in [3.63, 3.8) is 0 Å². The molecule has 1 nitrogen and oxygen atoms in total. The largest absolute Gasteiger partial charge is 0.496 e. The van der Waals surface area contributed by atoms with Crippen molar-refractivity contribution >= 4 is 17.2 Å². The minimum absolute atomic E-state index is 0.171. The smallest absolute Gasteiger partial charge is 0.126 e. The summed E-state index contributed by atoms with van der Waals surface area (Å²) in [5.74, 6) is 0.972. The maximum Gasteiger partial charge on any atom is 0.126 e. The Balaban J connectivity index is 2.50. The van der Waals surface area contributed by atoms with E-state index >= 15 is 0 Å². The normalized spacial score (nSPS) is 20.0. The van der Waals surface area contributed by atoms with Crippen molar-refractivity contribution in [3.8, 4) is 5.75 Å². The molecule has 0 radical (unpaired) electrons. The quantitative estimate of drug-likeness (QED) is 0.703. The van der Waals surface area contributed by atoms with Crippen LogP contribution in [0.25, 0.3) is 5.57 Å². The molecule has 0 saturated carbocycles. The Morgan fingerprint density at radius 3 is 2.71 bits per heavy atom. The Kier molecular flexibility index (Phi) is 3.78. The molecule has 92 valence electrons. The number of aryl methyl sites for hydroxylation is 2. The van der Waals surface area contributed by atoms with E-state index in [9.17, 15) is 0 Å². The molecule has 1 aromatic carbocycles. The highest BCUT2D eigenvalue weighted by Gasteiger charge is 2.17. The number of alkyl halides is 1. The molecule has 1 aromatic rings. The number of hydrogen-bond acceptors (Lipinski definition) is 1. The maximum atomic E-state index is 6.22. The minimum atomic E-state index is 0.171. The van der Waals surface area contributed by atoms with Crippen molar-refractivity contribution in [3.05, 3.63) is 34.9 Å². The molecule has 2 rings (SSSR count). The topological polar surface area (TPSA) is 9.23 Å². The molecule has 0 spiro atoms. The summed E-state index contributed by atoms with van der Waals surface area (Å²) in [6, 6.07) is 4.30. The summed E-state index contributed by atoms with van der Waals surface area (Å²) in [5.41, 5.74) is 5.09. The van der Waals surface area contributed by atoms with Crippen molar-refractivity contribution in [2.45, 2.75) is 38.5 Å². The van der Waals surface area contributed by atoms with Gasteiger partial charge in [0.1, 0.15) is 5.75 Å². The van der Waals surface area contributed by atoms with Crippen LogP contribution in [0.4, 0.5) is 0 Å². The van der Waals surface area contributed by atoms with Crippen LogP contribution in [0.3, 0.4) is 0 Å². The molecule has 1 atom stereocenters. The van der Waals surface area contributed by atoms with E-state index in [2.05, 4.69) is 32.1 Å². The molecule has 17 heavy (non-hydrogen) atoms. The van der Waals surface area contributed by atoms with Crippen molar-refractivity contribution in [1.29, 1.82) is 0 Å². The summed E-state index contributed by atoms with van der Waals surface area (Å²) in [5, 5.41) is 0.171. The molecule has 0 aliphatic heterocycles. The van der Waals surface area contributed by atoms with Gasteiger partial charge in [-0.2, -0.15) is 0 Å². The summed E-state index contributed by atoms with van der Waals surface area (Å²) in [4.78, 5) is 0. The highest BCUT2D eigenvalue weighted by molar-refractivity contribution is 6.22. The van der Waals surface area contributed by atoms with Crippen LogP contribution in [0.5, 0.6) is 5.75 Å². The molecular weight excluding hydrogens is 232 g/mol. The lowest BCUT2D eigenvalue weighted by molar-refractivity contribution is 0.412. The van der Waals surface area contributed by atoms with Crippen LogP contribution < -0.4 is 4.74 Å². The fourth-order valence-corrected chi connectivity index (χ4v) is 2.89. The Labute approximate surface area is 108 Å². The van der Waals surface area contributed by atoms with E-state index < -0.39 is 0 Å². The van der Waals surface area contributed by atoms with Gasteiger partial charge in [-0.15, -0.1) is 11.6 Å². The third-order valence-electron chi connectivity index (χ3n) is 3.29. The molecule has 0 aromatic heterocycles. The average Bonchev–Trinajstić information content (AvgIpc) is 2.27. The lowest BCUT2D eigenvalue weighted by Gasteiger charge is -2.21. The van der Waals surface area contributed by atoms with Crippen molar-refractivity contribution in [2.24, 2.45) is 0 Å². The molecule has 1 aliphatic rings. The van der Waals surface area contributed by atoms with Crippen LogP contribution in [0.2, 0.25) is 0 Å². The van der Waals surface area contributed by atoms with Gasteiger partial charge in [0.15, 0.2) is 0 Å². The van der Waals surface area contributed by atoms with Crippen LogP contribution in [0, 0.1) is 13.8 Å². The lowest BCUT2D eigenvalue weighted by Crippen LogP contribution is -2.05. The first-order valence-electron chi connectivity index (χ1n) is 6.12. The predicted octanol–water partition coefficient (Wildman–Crippen LogP) is 4.49. The van der Waals surface area contributed by atoms with E-state index in [0.717, 1.165) is 25.0 Å². The second-order valence-electron chi connectivity index (χ2n) is 4.76. The summed E-state index contributed by atoms with van der Waals surface area (Å²) >= 11 is 6.22. The first-order valence-corrected chi connectivity index (χ1v) is 6.56. The molecule has 1 aliphatic carbocycles. The highest BCUT2D eigenvalue weighted by Crippen LogP contribution is 2.37. The minimum Gasteiger partial charge on any atom is -0.496 e. The van der Waals surface area contributed by atoms with E-state index in [0.29, 0.717) is 0 Å². The Morgan fingerprint density at radius 2 is 2.06 bits per heavy atom. The molecular formula is C15H19ClO.